The fraction of sp³-hybridized carbons (Fsp3) is 0.440. The van der Waals surface area contributed by atoms with Crippen molar-refractivity contribution in [3.63, 3.8) is 0 Å². The zero-order valence-corrected chi connectivity index (χ0v) is 24.3. The molecule has 0 aliphatic carbocycles. The topological polar surface area (TPSA) is 73.8 Å². The van der Waals surface area contributed by atoms with Crippen molar-refractivity contribution in [3.05, 3.63) is 48.0 Å². The van der Waals surface area contributed by atoms with E-state index >= 15 is 0 Å². The number of anilines is 1. The number of thioether (sulfide) groups is 1. The molecule has 3 aromatic rings. The van der Waals surface area contributed by atoms with Crippen LogP contribution in [0.5, 0.6) is 0 Å². The average molecular weight is 569 g/mol. The number of likely N-dealkylation sites (N-methyl/N-ethyl adjacent to an activating group) is 1. The molecule has 1 saturated heterocycles. The normalized spacial score (nSPS) is 15.2. The van der Waals surface area contributed by atoms with Crippen molar-refractivity contribution in [1.29, 1.82) is 0 Å². The van der Waals surface area contributed by atoms with E-state index in [2.05, 4.69) is 13.0 Å². The number of benzene rings is 2. The minimum atomic E-state index is -3.56. The van der Waals surface area contributed by atoms with Gasteiger partial charge in [0.05, 0.1) is 15.1 Å². The van der Waals surface area contributed by atoms with Crippen molar-refractivity contribution < 1.29 is 13.2 Å². The molecule has 0 bridgehead atoms. The summed E-state index contributed by atoms with van der Waals surface area (Å²) in [5, 5.41) is 0.643. The van der Waals surface area contributed by atoms with Gasteiger partial charge < -0.3 is 4.90 Å². The lowest BCUT2D eigenvalue weighted by molar-refractivity contribution is 0.0985. The molecule has 196 valence electrons. The number of piperidine rings is 1. The highest BCUT2D eigenvalue weighted by Crippen LogP contribution is 2.32. The number of hydrogen-bond acceptors (Lipinski definition) is 7. The highest BCUT2D eigenvalue weighted by atomic mass is 35.5. The van der Waals surface area contributed by atoms with E-state index in [4.69, 9.17) is 4.98 Å². The predicted molar refractivity (Wildman–Crippen MR) is 152 cm³/mol. The Hall–Kier alpha value is -1.69. The molecule has 1 aromatic heterocycles. The Labute approximate surface area is 228 Å². The van der Waals surface area contributed by atoms with Crippen molar-refractivity contribution in [3.8, 4) is 0 Å². The second kappa shape index (κ2) is 12.2. The number of rotatable bonds is 8. The van der Waals surface area contributed by atoms with Gasteiger partial charge in [-0.3, -0.25) is 9.69 Å². The summed E-state index contributed by atoms with van der Waals surface area (Å²) in [6.07, 6.45) is 3.78. The van der Waals surface area contributed by atoms with Crippen LogP contribution in [0.25, 0.3) is 10.2 Å². The number of fused-ring (bicyclic) bond motifs is 1. The summed E-state index contributed by atoms with van der Waals surface area (Å²) in [5.41, 5.74) is 1.31. The third-order valence-corrected chi connectivity index (χ3v) is 9.99. The number of carbonyl (C=O) groups excluding carboxylic acids is 1. The van der Waals surface area contributed by atoms with Crippen LogP contribution in [0.4, 0.5) is 5.13 Å². The van der Waals surface area contributed by atoms with E-state index < -0.39 is 10.0 Å². The van der Waals surface area contributed by atoms with Crippen LogP contribution in [0.3, 0.4) is 0 Å². The molecule has 1 aliphatic rings. The molecule has 2 aromatic carbocycles. The van der Waals surface area contributed by atoms with Crippen LogP contribution >= 0.6 is 35.5 Å². The maximum atomic E-state index is 13.6. The van der Waals surface area contributed by atoms with Crippen LogP contribution in [0.1, 0.15) is 30.1 Å². The van der Waals surface area contributed by atoms with E-state index in [1.54, 1.807) is 45.2 Å². The van der Waals surface area contributed by atoms with Crippen LogP contribution in [0.15, 0.2) is 52.3 Å². The summed E-state index contributed by atoms with van der Waals surface area (Å²) in [7, 11) is 0.374. The van der Waals surface area contributed by atoms with Crippen LogP contribution in [0, 0.1) is 5.92 Å². The second-order valence-electron chi connectivity index (χ2n) is 9.20. The maximum absolute atomic E-state index is 13.6. The first-order valence-corrected chi connectivity index (χ1v) is 15.2. The van der Waals surface area contributed by atoms with Crippen LogP contribution in [-0.2, 0) is 10.0 Å². The first kappa shape index (κ1) is 28.9. The predicted octanol–water partition coefficient (Wildman–Crippen LogP) is 5.07. The second-order valence-corrected chi connectivity index (χ2v) is 13.0. The van der Waals surface area contributed by atoms with Gasteiger partial charge in [0.15, 0.2) is 5.13 Å². The Morgan fingerprint density at radius 2 is 1.78 bits per heavy atom. The zero-order chi connectivity index (χ0) is 25.2. The minimum Gasteiger partial charge on any atom is -0.308 e. The quantitative estimate of drug-likeness (QED) is 0.353. The fourth-order valence-corrected chi connectivity index (χ4v) is 7.03. The highest BCUT2D eigenvalue weighted by Gasteiger charge is 2.29. The molecule has 0 saturated carbocycles. The molecule has 0 spiro atoms. The number of nitrogens with zero attached hydrogens (tertiary/aromatic N) is 4. The van der Waals surface area contributed by atoms with E-state index in [1.165, 1.54) is 11.3 Å². The molecule has 1 fully saturated rings. The molecule has 2 heterocycles. The minimum absolute atomic E-state index is 0. The van der Waals surface area contributed by atoms with Gasteiger partial charge in [-0.05, 0) is 81.6 Å². The van der Waals surface area contributed by atoms with Gasteiger partial charge in [0.1, 0.15) is 0 Å². The first-order valence-electron chi connectivity index (χ1n) is 11.7. The number of carbonyl (C=O) groups is 1. The molecule has 36 heavy (non-hydrogen) atoms. The van der Waals surface area contributed by atoms with Crippen molar-refractivity contribution in [2.45, 2.75) is 29.6 Å². The number of thiazole rings is 1. The lowest BCUT2D eigenvalue weighted by Crippen LogP contribution is -2.38. The molecule has 0 atom stereocenters. The first-order chi connectivity index (χ1) is 16.7. The van der Waals surface area contributed by atoms with Gasteiger partial charge >= 0.3 is 0 Å². The van der Waals surface area contributed by atoms with Gasteiger partial charge in [-0.15, -0.1) is 24.2 Å². The van der Waals surface area contributed by atoms with Crippen molar-refractivity contribution >= 4 is 66.8 Å². The van der Waals surface area contributed by atoms with Crippen LogP contribution < -0.4 is 4.90 Å². The molecule has 7 nitrogen and oxygen atoms in total. The summed E-state index contributed by atoms with van der Waals surface area (Å²) in [6.45, 7) is 4.39. The largest absolute Gasteiger partial charge is 0.308 e. The number of sulfonamides is 1. The Morgan fingerprint density at radius 3 is 2.39 bits per heavy atom. The Bertz CT molecular complexity index is 1290. The summed E-state index contributed by atoms with van der Waals surface area (Å²) in [4.78, 5) is 23.4. The summed E-state index contributed by atoms with van der Waals surface area (Å²) < 4.78 is 28.7. The average Bonchev–Trinajstić information content (AvgIpc) is 3.27. The highest BCUT2D eigenvalue weighted by molar-refractivity contribution is 7.98. The number of aromatic nitrogens is 1. The SMILES string of the molecule is CSc1ccc2nc(N(CCN(C)C)C(=O)c3ccc(S(=O)(=O)N4CCC(C)CC4)cc3)sc2c1.Cl. The monoisotopic (exact) mass is 568 g/mol. The molecule has 11 heteroatoms. The number of amides is 1. The Morgan fingerprint density at radius 1 is 1.11 bits per heavy atom. The maximum Gasteiger partial charge on any atom is 0.260 e. The number of hydrogen-bond donors (Lipinski definition) is 0. The lowest BCUT2D eigenvalue weighted by atomic mass is 10.0. The van der Waals surface area contributed by atoms with E-state index in [9.17, 15) is 13.2 Å². The van der Waals surface area contributed by atoms with Gasteiger partial charge in [0, 0.05) is 36.6 Å². The molecule has 0 unspecified atom stereocenters. The molecule has 4 rings (SSSR count). The van der Waals surface area contributed by atoms with Gasteiger partial charge in [-0.1, -0.05) is 18.3 Å². The molecule has 1 amide bonds. The molecular formula is C25H33ClN4O3S3. The van der Waals surface area contributed by atoms with Crippen molar-refractivity contribution in [1.82, 2.24) is 14.2 Å². The van der Waals surface area contributed by atoms with Crippen LogP contribution in [0.2, 0.25) is 0 Å². The zero-order valence-electron chi connectivity index (χ0n) is 21.0. The van der Waals surface area contributed by atoms with E-state index in [0.29, 0.717) is 42.8 Å². The van der Waals surface area contributed by atoms with Gasteiger partial charge in [0.2, 0.25) is 10.0 Å². The lowest BCUT2D eigenvalue weighted by Gasteiger charge is -2.29. The molecular weight excluding hydrogens is 536 g/mol. The van der Waals surface area contributed by atoms with Gasteiger partial charge in [-0.25, -0.2) is 13.4 Å². The summed E-state index contributed by atoms with van der Waals surface area (Å²) in [6, 6.07) is 12.4. The molecule has 1 aliphatic heterocycles. The Balaban J connectivity index is 0.00000361. The smallest absolute Gasteiger partial charge is 0.260 e. The molecule has 0 N–H and O–H groups in total. The van der Waals surface area contributed by atoms with Gasteiger partial charge in [0.25, 0.3) is 5.91 Å². The number of halogens is 1. The van der Waals surface area contributed by atoms with Gasteiger partial charge in [-0.2, -0.15) is 4.31 Å². The fourth-order valence-electron chi connectivity index (χ4n) is 4.02. The molecule has 0 radical (unpaired) electrons. The van der Waals surface area contributed by atoms with E-state index in [0.717, 1.165) is 28.0 Å². The summed E-state index contributed by atoms with van der Waals surface area (Å²) >= 11 is 3.17. The summed E-state index contributed by atoms with van der Waals surface area (Å²) in [5.74, 6) is 0.358. The van der Waals surface area contributed by atoms with Crippen molar-refractivity contribution in [2.24, 2.45) is 5.92 Å². The standard InChI is InChI=1S/C25H32N4O3S3.ClH/c1-18-11-13-28(14-12-18)35(31,32)21-8-5-19(6-9-21)24(30)29(16-15-27(2)3)25-26-22-10-7-20(33-4)17-23(22)34-25;/h5-10,17-18H,11-16H2,1-4H3;1H. The van der Waals surface area contributed by atoms with Crippen LogP contribution in [-0.4, -0.2) is 75.0 Å². The van der Waals surface area contributed by atoms with E-state index in [-0.39, 0.29) is 23.2 Å². The third kappa shape index (κ3) is 6.41. The Kier molecular flexibility index (Phi) is 9.81. The van der Waals surface area contributed by atoms with E-state index in [1.807, 2.05) is 37.4 Å². The third-order valence-electron chi connectivity index (χ3n) is 6.31. The van der Waals surface area contributed by atoms with Crippen molar-refractivity contribution in [2.75, 3.05) is 51.4 Å².